The third-order valence-corrected chi connectivity index (χ3v) is 3.43. The van der Waals surface area contributed by atoms with E-state index < -0.39 is 0 Å². The highest BCUT2D eigenvalue weighted by atomic mass is 19.1. The Morgan fingerprint density at radius 2 is 2.16 bits per heavy atom. The van der Waals surface area contributed by atoms with Gasteiger partial charge in [-0.3, -0.25) is 0 Å². The fourth-order valence-corrected chi connectivity index (χ4v) is 2.46. The fourth-order valence-electron chi connectivity index (χ4n) is 2.46. The number of carbonyl (C=O) groups is 1. The molecule has 0 bridgehead atoms. The molecule has 1 unspecified atom stereocenters. The molecule has 1 heterocycles. The molecule has 0 spiro atoms. The van der Waals surface area contributed by atoms with Crippen molar-refractivity contribution in [3.63, 3.8) is 0 Å². The minimum atomic E-state index is -0.319. The molecule has 2 N–H and O–H groups in total. The minimum absolute atomic E-state index is 0.146. The van der Waals surface area contributed by atoms with Gasteiger partial charge in [0.2, 0.25) is 0 Å². The predicted octanol–water partition coefficient (Wildman–Crippen LogP) is 2.59. The van der Waals surface area contributed by atoms with E-state index in [2.05, 4.69) is 5.32 Å². The average Bonchev–Trinajstić information content (AvgIpc) is 2.87. The number of aliphatic hydroxyl groups is 1. The monoisotopic (exact) mass is 266 g/mol. The molecule has 0 radical (unpaired) electrons. The highest BCUT2D eigenvalue weighted by Crippen LogP contribution is 2.22. The number of urea groups is 1. The molecule has 1 aliphatic rings. The fraction of sp³-hybridized carbons (Fsp3) is 0.500. The Balaban J connectivity index is 1.93. The molecule has 2 rings (SSSR count). The van der Waals surface area contributed by atoms with Gasteiger partial charge in [-0.2, -0.15) is 0 Å². The molecule has 2 amide bonds. The number of anilines is 1. The van der Waals surface area contributed by atoms with Crippen molar-refractivity contribution in [2.75, 3.05) is 18.5 Å². The first-order chi connectivity index (χ1) is 9.20. The van der Waals surface area contributed by atoms with Gasteiger partial charge in [-0.25, -0.2) is 9.18 Å². The summed E-state index contributed by atoms with van der Waals surface area (Å²) >= 11 is 0. The van der Waals surface area contributed by atoms with Crippen molar-refractivity contribution in [2.24, 2.45) is 0 Å². The second-order valence-corrected chi connectivity index (χ2v) is 4.79. The predicted molar refractivity (Wildman–Crippen MR) is 71.5 cm³/mol. The number of carbonyl (C=O) groups excluding carboxylic acids is 1. The lowest BCUT2D eigenvalue weighted by Crippen LogP contribution is -2.38. The van der Waals surface area contributed by atoms with Gasteiger partial charge in [0.05, 0.1) is 0 Å². The first kappa shape index (κ1) is 13.8. The summed E-state index contributed by atoms with van der Waals surface area (Å²) < 4.78 is 12.8. The number of hydrogen-bond donors (Lipinski definition) is 2. The summed E-state index contributed by atoms with van der Waals surface area (Å²) in [6, 6.07) is 5.80. The van der Waals surface area contributed by atoms with Gasteiger partial charge in [0.15, 0.2) is 0 Å². The number of benzene rings is 1. The maximum absolute atomic E-state index is 12.8. The van der Waals surface area contributed by atoms with Gasteiger partial charge >= 0.3 is 6.03 Å². The average molecular weight is 266 g/mol. The van der Waals surface area contributed by atoms with Crippen molar-refractivity contribution >= 4 is 11.7 Å². The van der Waals surface area contributed by atoms with Crippen LogP contribution in [0.3, 0.4) is 0 Å². The van der Waals surface area contributed by atoms with E-state index >= 15 is 0 Å². The third kappa shape index (κ3) is 3.67. The first-order valence-electron chi connectivity index (χ1n) is 6.65. The van der Waals surface area contributed by atoms with Gasteiger partial charge in [-0.15, -0.1) is 0 Å². The molecule has 104 valence electrons. The number of amides is 2. The maximum Gasteiger partial charge on any atom is 0.322 e. The third-order valence-electron chi connectivity index (χ3n) is 3.43. The number of hydrogen-bond acceptors (Lipinski definition) is 2. The van der Waals surface area contributed by atoms with Gasteiger partial charge in [0, 0.05) is 24.9 Å². The molecular weight excluding hydrogens is 247 g/mol. The SMILES string of the molecule is O=C(Nc1ccc(F)cc1)N1CCCC1CCCO. The molecule has 4 nitrogen and oxygen atoms in total. The van der Waals surface area contributed by atoms with Crippen molar-refractivity contribution in [2.45, 2.75) is 31.7 Å². The van der Waals surface area contributed by atoms with Crippen molar-refractivity contribution in [3.05, 3.63) is 30.1 Å². The van der Waals surface area contributed by atoms with Crippen LogP contribution < -0.4 is 5.32 Å². The zero-order chi connectivity index (χ0) is 13.7. The Morgan fingerprint density at radius 1 is 1.42 bits per heavy atom. The summed E-state index contributed by atoms with van der Waals surface area (Å²) in [5.74, 6) is -0.319. The largest absolute Gasteiger partial charge is 0.396 e. The van der Waals surface area contributed by atoms with E-state index in [9.17, 15) is 9.18 Å². The van der Waals surface area contributed by atoms with Gasteiger partial charge in [0.25, 0.3) is 0 Å². The van der Waals surface area contributed by atoms with E-state index in [4.69, 9.17) is 5.11 Å². The first-order valence-corrected chi connectivity index (χ1v) is 6.65. The van der Waals surface area contributed by atoms with E-state index in [1.165, 1.54) is 12.1 Å². The van der Waals surface area contributed by atoms with Crippen LogP contribution in [0.4, 0.5) is 14.9 Å². The summed E-state index contributed by atoms with van der Waals surface area (Å²) in [5, 5.41) is 11.6. The lowest BCUT2D eigenvalue weighted by molar-refractivity contribution is 0.197. The van der Waals surface area contributed by atoms with Crippen LogP contribution in [0, 0.1) is 5.82 Å². The molecule has 1 aliphatic heterocycles. The molecule has 1 aromatic rings. The highest BCUT2D eigenvalue weighted by Gasteiger charge is 2.28. The maximum atomic E-state index is 12.8. The summed E-state index contributed by atoms with van der Waals surface area (Å²) in [5.41, 5.74) is 0.596. The number of halogens is 1. The van der Waals surface area contributed by atoms with Crippen LogP contribution in [0.25, 0.3) is 0 Å². The summed E-state index contributed by atoms with van der Waals surface area (Å²) in [6.45, 7) is 0.896. The second-order valence-electron chi connectivity index (χ2n) is 4.79. The number of aliphatic hydroxyl groups excluding tert-OH is 1. The van der Waals surface area contributed by atoms with Crippen LogP contribution in [-0.4, -0.2) is 35.2 Å². The molecule has 0 aromatic heterocycles. The van der Waals surface area contributed by atoms with Crippen LogP contribution in [0.2, 0.25) is 0 Å². The van der Waals surface area contributed by atoms with Gasteiger partial charge in [-0.1, -0.05) is 0 Å². The van der Waals surface area contributed by atoms with Crippen molar-refractivity contribution in [3.8, 4) is 0 Å². The molecule has 0 aliphatic carbocycles. The molecule has 0 saturated carbocycles. The molecule has 5 heteroatoms. The number of nitrogens with zero attached hydrogens (tertiary/aromatic N) is 1. The zero-order valence-electron chi connectivity index (χ0n) is 10.8. The van der Waals surface area contributed by atoms with E-state index in [0.29, 0.717) is 12.1 Å². The van der Waals surface area contributed by atoms with Crippen LogP contribution >= 0.6 is 0 Å². The number of nitrogens with one attached hydrogen (secondary N) is 1. The summed E-state index contributed by atoms with van der Waals surface area (Å²) in [4.78, 5) is 13.9. The molecule has 19 heavy (non-hydrogen) atoms. The van der Waals surface area contributed by atoms with Gasteiger partial charge in [-0.05, 0) is 49.9 Å². The van der Waals surface area contributed by atoms with E-state index in [1.807, 2.05) is 0 Å². The lowest BCUT2D eigenvalue weighted by atomic mass is 10.1. The number of rotatable bonds is 4. The number of likely N-dealkylation sites (tertiary alicyclic amines) is 1. The molecule has 1 atom stereocenters. The molecular formula is C14H19FN2O2. The van der Waals surface area contributed by atoms with E-state index in [0.717, 1.165) is 25.8 Å². The minimum Gasteiger partial charge on any atom is -0.396 e. The summed E-state index contributed by atoms with van der Waals surface area (Å²) in [7, 11) is 0. The van der Waals surface area contributed by atoms with Crippen molar-refractivity contribution in [1.29, 1.82) is 0 Å². The Kier molecular flexibility index (Phi) is 4.74. The van der Waals surface area contributed by atoms with Crippen molar-refractivity contribution in [1.82, 2.24) is 4.90 Å². The molecule has 1 aromatic carbocycles. The van der Waals surface area contributed by atoms with Gasteiger partial charge in [0.1, 0.15) is 5.82 Å². The van der Waals surface area contributed by atoms with E-state index in [-0.39, 0.29) is 24.5 Å². The summed E-state index contributed by atoms with van der Waals surface area (Å²) in [6.07, 6.45) is 3.52. The molecule has 1 saturated heterocycles. The zero-order valence-corrected chi connectivity index (χ0v) is 10.8. The van der Waals surface area contributed by atoms with Crippen molar-refractivity contribution < 1.29 is 14.3 Å². The molecule has 1 fully saturated rings. The normalized spacial score (nSPS) is 18.6. The Hall–Kier alpha value is -1.62. The van der Waals surface area contributed by atoms with Crippen LogP contribution in [0.5, 0.6) is 0 Å². The van der Waals surface area contributed by atoms with Crippen LogP contribution in [0.1, 0.15) is 25.7 Å². The van der Waals surface area contributed by atoms with Gasteiger partial charge < -0.3 is 15.3 Å². The Bertz CT molecular complexity index is 422. The van der Waals surface area contributed by atoms with Crippen LogP contribution in [0.15, 0.2) is 24.3 Å². The standard InChI is InChI=1S/C14H19FN2O2/c15-11-5-7-12(8-6-11)16-14(19)17-9-1-3-13(17)4-2-10-18/h5-8,13,18H,1-4,9-10H2,(H,16,19). The van der Waals surface area contributed by atoms with Crippen LogP contribution in [-0.2, 0) is 0 Å². The lowest BCUT2D eigenvalue weighted by Gasteiger charge is -2.24. The highest BCUT2D eigenvalue weighted by molar-refractivity contribution is 5.89. The Labute approximate surface area is 112 Å². The second kappa shape index (κ2) is 6.52. The quantitative estimate of drug-likeness (QED) is 0.880. The van der Waals surface area contributed by atoms with E-state index in [1.54, 1.807) is 17.0 Å². The topological polar surface area (TPSA) is 52.6 Å². The smallest absolute Gasteiger partial charge is 0.322 e. The Morgan fingerprint density at radius 3 is 2.84 bits per heavy atom.